The Bertz CT molecular complexity index is 395. The molecule has 94 valence electrons. The first-order valence-electron chi connectivity index (χ1n) is 5.99. The first kappa shape index (κ1) is 12.7. The number of morpholine rings is 1. The summed E-state index contributed by atoms with van der Waals surface area (Å²) in [6.45, 7) is 6.51. The van der Waals surface area contributed by atoms with Crippen molar-refractivity contribution >= 4 is 17.3 Å². The third kappa shape index (κ3) is 2.73. The van der Waals surface area contributed by atoms with Crippen molar-refractivity contribution in [2.75, 3.05) is 24.7 Å². The minimum absolute atomic E-state index is 0.0173. The van der Waals surface area contributed by atoms with Crippen molar-refractivity contribution in [3.8, 4) is 0 Å². The van der Waals surface area contributed by atoms with Crippen LogP contribution in [0.3, 0.4) is 0 Å². The number of hydrogen-bond acceptors (Lipinski definition) is 3. The van der Waals surface area contributed by atoms with Crippen LogP contribution in [0.15, 0.2) is 18.2 Å². The van der Waals surface area contributed by atoms with E-state index in [4.69, 9.17) is 22.1 Å². The molecule has 3 nitrogen and oxygen atoms in total. The number of ether oxygens (including phenoxy) is 1. The van der Waals surface area contributed by atoms with E-state index in [1.165, 1.54) is 0 Å². The SMILES string of the molecule is CC(N)c1ccc(N2CCOCC2C)c(Cl)c1. The third-order valence-corrected chi connectivity index (χ3v) is 3.48. The van der Waals surface area contributed by atoms with E-state index in [-0.39, 0.29) is 6.04 Å². The number of rotatable bonds is 2. The Balaban J connectivity index is 2.26. The van der Waals surface area contributed by atoms with Gasteiger partial charge in [0.25, 0.3) is 0 Å². The Morgan fingerprint density at radius 1 is 1.53 bits per heavy atom. The van der Waals surface area contributed by atoms with E-state index in [0.29, 0.717) is 6.04 Å². The highest BCUT2D eigenvalue weighted by atomic mass is 35.5. The lowest BCUT2D eigenvalue weighted by molar-refractivity contribution is 0.0989. The summed E-state index contributed by atoms with van der Waals surface area (Å²) in [7, 11) is 0. The van der Waals surface area contributed by atoms with Gasteiger partial charge in [0.1, 0.15) is 0 Å². The van der Waals surface area contributed by atoms with Crippen LogP contribution < -0.4 is 10.6 Å². The van der Waals surface area contributed by atoms with Crippen molar-refractivity contribution in [2.24, 2.45) is 5.73 Å². The van der Waals surface area contributed by atoms with Gasteiger partial charge in [-0.3, -0.25) is 0 Å². The molecule has 1 aliphatic heterocycles. The normalized spacial score (nSPS) is 22.6. The molecule has 0 amide bonds. The van der Waals surface area contributed by atoms with Crippen molar-refractivity contribution in [3.63, 3.8) is 0 Å². The van der Waals surface area contributed by atoms with Crippen LogP contribution >= 0.6 is 11.6 Å². The second-order valence-electron chi connectivity index (χ2n) is 4.62. The highest BCUT2D eigenvalue weighted by Gasteiger charge is 2.21. The summed E-state index contributed by atoms with van der Waals surface area (Å²) in [6, 6.07) is 6.45. The van der Waals surface area contributed by atoms with Crippen molar-refractivity contribution in [3.05, 3.63) is 28.8 Å². The van der Waals surface area contributed by atoms with E-state index in [2.05, 4.69) is 17.9 Å². The molecule has 0 bridgehead atoms. The number of nitrogens with two attached hydrogens (primary N) is 1. The van der Waals surface area contributed by atoms with Crippen molar-refractivity contribution in [2.45, 2.75) is 25.9 Å². The lowest BCUT2D eigenvalue weighted by Crippen LogP contribution is -2.43. The maximum Gasteiger partial charge on any atom is 0.0668 e. The lowest BCUT2D eigenvalue weighted by Gasteiger charge is -2.36. The number of hydrogen-bond donors (Lipinski definition) is 1. The molecule has 0 saturated carbocycles. The summed E-state index contributed by atoms with van der Waals surface area (Å²) >= 11 is 6.33. The molecule has 2 atom stereocenters. The zero-order chi connectivity index (χ0) is 12.4. The van der Waals surface area contributed by atoms with Gasteiger partial charge in [-0.25, -0.2) is 0 Å². The van der Waals surface area contributed by atoms with Crippen LogP contribution in [0.4, 0.5) is 5.69 Å². The zero-order valence-electron chi connectivity index (χ0n) is 10.3. The maximum atomic E-state index is 6.33. The van der Waals surface area contributed by atoms with E-state index in [0.717, 1.165) is 36.0 Å². The first-order valence-corrected chi connectivity index (χ1v) is 6.37. The largest absolute Gasteiger partial charge is 0.377 e. The molecule has 1 aliphatic rings. The molecule has 0 aromatic heterocycles. The molecule has 2 N–H and O–H groups in total. The van der Waals surface area contributed by atoms with Crippen LogP contribution in [0, 0.1) is 0 Å². The molecule has 1 saturated heterocycles. The molecular weight excluding hydrogens is 236 g/mol. The molecule has 2 unspecified atom stereocenters. The predicted molar refractivity (Wildman–Crippen MR) is 71.7 cm³/mol. The van der Waals surface area contributed by atoms with Gasteiger partial charge < -0.3 is 15.4 Å². The molecule has 2 rings (SSSR count). The fourth-order valence-corrected chi connectivity index (χ4v) is 2.42. The third-order valence-electron chi connectivity index (χ3n) is 3.17. The quantitative estimate of drug-likeness (QED) is 0.882. The van der Waals surface area contributed by atoms with E-state index < -0.39 is 0 Å². The summed E-state index contributed by atoms with van der Waals surface area (Å²) in [4.78, 5) is 2.29. The van der Waals surface area contributed by atoms with Crippen LogP contribution in [0.25, 0.3) is 0 Å². The molecule has 0 radical (unpaired) electrons. The summed E-state index contributed by atoms with van der Waals surface area (Å²) in [5.41, 5.74) is 7.99. The van der Waals surface area contributed by atoms with Gasteiger partial charge in [0.15, 0.2) is 0 Å². The number of benzene rings is 1. The van der Waals surface area contributed by atoms with Gasteiger partial charge in [0, 0.05) is 18.6 Å². The lowest BCUT2D eigenvalue weighted by atomic mass is 10.1. The number of halogens is 1. The van der Waals surface area contributed by atoms with E-state index >= 15 is 0 Å². The van der Waals surface area contributed by atoms with Crippen molar-refractivity contribution < 1.29 is 4.74 Å². The van der Waals surface area contributed by atoms with Crippen molar-refractivity contribution in [1.82, 2.24) is 0 Å². The summed E-state index contributed by atoms with van der Waals surface area (Å²) in [6.07, 6.45) is 0. The maximum absolute atomic E-state index is 6.33. The van der Waals surface area contributed by atoms with Gasteiger partial charge in [-0.05, 0) is 31.5 Å². The second-order valence-corrected chi connectivity index (χ2v) is 5.02. The minimum Gasteiger partial charge on any atom is -0.377 e. The Kier molecular flexibility index (Phi) is 3.92. The minimum atomic E-state index is 0.0173. The van der Waals surface area contributed by atoms with Crippen LogP contribution in [-0.4, -0.2) is 25.8 Å². The van der Waals surface area contributed by atoms with Gasteiger partial charge in [0.2, 0.25) is 0 Å². The van der Waals surface area contributed by atoms with E-state index in [1.807, 2.05) is 19.1 Å². The molecule has 0 aliphatic carbocycles. The Morgan fingerprint density at radius 2 is 2.29 bits per heavy atom. The Hall–Kier alpha value is -0.770. The van der Waals surface area contributed by atoms with Crippen LogP contribution in [-0.2, 0) is 4.74 Å². The van der Waals surface area contributed by atoms with Crippen LogP contribution in [0.5, 0.6) is 0 Å². The van der Waals surface area contributed by atoms with Gasteiger partial charge in [-0.2, -0.15) is 0 Å². The predicted octanol–water partition coefficient (Wildman–Crippen LogP) is 2.58. The zero-order valence-corrected chi connectivity index (χ0v) is 11.1. The first-order chi connectivity index (χ1) is 8.09. The topological polar surface area (TPSA) is 38.5 Å². The Labute approximate surface area is 107 Å². The smallest absolute Gasteiger partial charge is 0.0668 e. The van der Waals surface area contributed by atoms with Gasteiger partial charge >= 0.3 is 0 Å². The highest BCUT2D eigenvalue weighted by molar-refractivity contribution is 6.33. The number of anilines is 1. The van der Waals surface area contributed by atoms with Crippen molar-refractivity contribution in [1.29, 1.82) is 0 Å². The van der Waals surface area contributed by atoms with Gasteiger partial charge in [-0.15, -0.1) is 0 Å². The summed E-state index contributed by atoms with van der Waals surface area (Å²) in [5.74, 6) is 0. The summed E-state index contributed by atoms with van der Waals surface area (Å²) in [5, 5.41) is 0.772. The van der Waals surface area contributed by atoms with E-state index in [9.17, 15) is 0 Å². The van der Waals surface area contributed by atoms with E-state index in [1.54, 1.807) is 0 Å². The van der Waals surface area contributed by atoms with Gasteiger partial charge in [-0.1, -0.05) is 17.7 Å². The standard InChI is InChI=1S/C13H19ClN2O/c1-9-8-17-6-5-16(9)13-4-3-11(10(2)15)7-12(13)14/h3-4,7,9-10H,5-6,8,15H2,1-2H3. The van der Waals surface area contributed by atoms with Crippen LogP contribution in [0.2, 0.25) is 5.02 Å². The Morgan fingerprint density at radius 3 is 2.88 bits per heavy atom. The van der Waals surface area contributed by atoms with Crippen LogP contribution in [0.1, 0.15) is 25.5 Å². The molecule has 1 heterocycles. The molecule has 17 heavy (non-hydrogen) atoms. The average Bonchev–Trinajstić information content (AvgIpc) is 2.30. The summed E-state index contributed by atoms with van der Waals surface area (Å²) < 4.78 is 5.43. The fourth-order valence-electron chi connectivity index (χ4n) is 2.12. The highest BCUT2D eigenvalue weighted by Crippen LogP contribution is 2.30. The molecule has 1 fully saturated rings. The molecule has 0 spiro atoms. The molecule has 4 heteroatoms. The second kappa shape index (κ2) is 5.25. The molecular formula is C13H19ClN2O. The average molecular weight is 255 g/mol. The molecule has 1 aromatic carbocycles. The molecule has 1 aromatic rings. The number of nitrogens with zero attached hydrogens (tertiary/aromatic N) is 1. The fraction of sp³-hybridized carbons (Fsp3) is 0.538. The van der Waals surface area contributed by atoms with Gasteiger partial charge in [0.05, 0.1) is 23.9 Å². The monoisotopic (exact) mass is 254 g/mol.